The summed E-state index contributed by atoms with van der Waals surface area (Å²) in [4.78, 5) is 25.0. The summed E-state index contributed by atoms with van der Waals surface area (Å²) in [5.74, 6) is -1.15. The number of hydrogen-bond acceptors (Lipinski definition) is 4. The van der Waals surface area contributed by atoms with Crippen LogP contribution in [0.1, 0.15) is 29.4 Å². The third kappa shape index (κ3) is 2.53. The van der Waals surface area contributed by atoms with Crippen LogP contribution in [0.4, 0.5) is 0 Å². The first-order valence-corrected chi connectivity index (χ1v) is 6.75. The molecule has 1 N–H and O–H groups in total. The van der Waals surface area contributed by atoms with E-state index in [2.05, 4.69) is 4.37 Å². The molecule has 0 bridgehead atoms. The number of aliphatic carboxylic acids is 1. The molecule has 1 amide bonds. The van der Waals surface area contributed by atoms with Crippen molar-refractivity contribution >= 4 is 23.4 Å². The number of hydrogen-bond donors (Lipinski definition) is 1. The highest BCUT2D eigenvalue weighted by Gasteiger charge is 2.32. The molecule has 2 atom stereocenters. The van der Waals surface area contributed by atoms with Crippen molar-refractivity contribution < 1.29 is 14.7 Å². The molecule has 0 spiro atoms. The standard InChI is InChI=1S/C12H16N2O3S/c1-7-3-9(12(16)17)5-14(4-7)11(15)10-6-18-13-8(10)2/h6-7,9H,3-5H2,1-2H3,(H,16,17). The molecule has 0 aromatic carbocycles. The van der Waals surface area contributed by atoms with Crippen molar-refractivity contribution in [3.63, 3.8) is 0 Å². The average Bonchev–Trinajstić information content (AvgIpc) is 2.73. The fourth-order valence-electron chi connectivity index (χ4n) is 2.36. The lowest BCUT2D eigenvalue weighted by atomic mass is 9.90. The number of aromatic nitrogens is 1. The maximum atomic E-state index is 12.3. The molecule has 1 fully saturated rings. The summed E-state index contributed by atoms with van der Waals surface area (Å²) in [6.07, 6.45) is 0.639. The van der Waals surface area contributed by atoms with Gasteiger partial charge in [0.25, 0.3) is 5.91 Å². The van der Waals surface area contributed by atoms with Gasteiger partial charge in [0.1, 0.15) is 0 Å². The quantitative estimate of drug-likeness (QED) is 0.885. The van der Waals surface area contributed by atoms with Crippen molar-refractivity contribution in [1.29, 1.82) is 0 Å². The van der Waals surface area contributed by atoms with Crippen molar-refractivity contribution in [3.05, 3.63) is 16.6 Å². The van der Waals surface area contributed by atoms with Crippen LogP contribution in [0, 0.1) is 18.8 Å². The van der Waals surface area contributed by atoms with Crippen LogP contribution in [0.2, 0.25) is 0 Å². The minimum atomic E-state index is -0.820. The third-order valence-corrected chi connectivity index (χ3v) is 4.00. The van der Waals surface area contributed by atoms with Gasteiger partial charge in [-0.3, -0.25) is 9.59 Å². The third-order valence-electron chi connectivity index (χ3n) is 3.28. The highest BCUT2D eigenvalue weighted by atomic mass is 32.1. The van der Waals surface area contributed by atoms with E-state index >= 15 is 0 Å². The fourth-order valence-corrected chi connectivity index (χ4v) is 3.05. The van der Waals surface area contributed by atoms with Gasteiger partial charge in [-0.25, -0.2) is 0 Å². The smallest absolute Gasteiger partial charge is 0.308 e. The zero-order chi connectivity index (χ0) is 13.3. The Morgan fingerprint density at radius 1 is 1.50 bits per heavy atom. The van der Waals surface area contributed by atoms with E-state index < -0.39 is 11.9 Å². The Bertz CT molecular complexity index is 472. The Morgan fingerprint density at radius 2 is 2.22 bits per heavy atom. The van der Waals surface area contributed by atoms with E-state index in [0.29, 0.717) is 25.1 Å². The van der Waals surface area contributed by atoms with Gasteiger partial charge in [0.05, 0.1) is 17.2 Å². The van der Waals surface area contributed by atoms with Crippen LogP contribution < -0.4 is 0 Å². The molecule has 98 valence electrons. The van der Waals surface area contributed by atoms with E-state index in [1.165, 1.54) is 11.5 Å². The average molecular weight is 268 g/mol. The molecule has 0 aliphatic carbocycles. The van der Waals surface area contributed by atoms with Crippen LogP contribution in [0.25, 0.3) is 0 Å². The van der Waals surface area contributed by atoms with Gasteiger partial charge in [0, 0.05) is 18.5 Å². The molecule has 6 heteroatoms. The van der Waals surface area contributed by atoms with Gasteiger partial charge in [0.2, 0.25) is 0 Å². The van der Waals surface area contributed by atoms with Crippen LogP contribution in [-0.4, -0.2) is 39.3 Å². The lowest BCUT2D eigenvalue weighted by Crippen LogP contribution is -2.45. The summed E-state index contributed by atoms with van der Waals surface area (Å²) < 4.78 is 4.08. The summed E-state index contributed by atoms with van der Waals surface area (Å²) in [7, 11) is 0. The Balaban J connectivity index is 2.15. The van der Waals surface area contributed by atoms with Crippen molar-refractivity contribution in [2.45, 2.75) is 20.3 Å². The first-order valence-electron chi connectivity index (χ1n) is 5.92. The van der Waals surface area contributed by atoms with E-state index in [1.807, 2.05) is 6.92 Å². The molecule has 18 heavy (non-hydrogen) atoms. The fraction of sp³-hybridized carbons (Fsp3) is 0.583. The monoisotopic (exact) mass is 268 g/mol. The van der Waals surface area contributed by atoms with Gasteiger partial charge < -0.3 is 10.0 Å². The van der Waals surface area contributed by atoms with Gasteiger partial charge in [-0.15, -0.1) is 0 Å². The van der Waals surface area contributed by atoms with Crippen LogP contribution in [0.3, 0.4) is 0 Å². The molecule has 0 saturated carbocycles. The second-order valence-corrected chi connectivity index (χ2v) is 5.53. The van der Waals surface area contributed by atoms with Crippen LogP contribution in [-0.2, 0) is 4.79 Å². The second kappa shape index (κ2) is 5.06. The van der Waals surface area contributed by atoms with Crippen molar-refractivity contribution in [3.8, 4) is 0 Å². The topological polar surface area (TPSA) is 70.5 Å². The number of rotatable bonds is 2. The predicted molar refractivity (Wildman–Crippen MR) is 67.7 cm³/mol. The Labute approximate surface area is 110 Å². The zero-order valence-corrected chi connectivity index (χ0v) is 11.2. The lowest BCUT2D eigenvalue weighted by Gasteiger charge is -2.34. The summed E-state index contributed by atoms with van der Waals surface area (Å²) in [5, 5.41) is 10.8. The number of carboxylic acid groups (broad SMARTS) is 1. The van der Waals surface area contributed by atoms with Crippen molar-refractivity contribution in [2.75, 3.05) is 13.1 Å². The number of nitrogens with zero attached hydrogens (tertiary/aromatic N) is 2. The first kappa shape index (κ1) is 13.0. The summed E-state index contributed by atoms with van der Waals surface area (Å²) in [6, 6.07) is 0. The highest BCUT2D eigenvalue weighted by Crippen LogP contribution is 2.24. The van der Waals surface area contributed by atoms with Crippen molar-refractivity contribution in [2.24, 2.45) is 11.8 Å². The van der Waals surface area contributed by atoms with E-state index in [1.54, 1.807) is 17.2 Å². The molecular formula is C12H16N2O3S. The summed E-state index contributed by atoms with van der Waals surface area (Å²) in [6.45, 7) is 4.70. The SMILES string of the molecule is Cc1nscc1C(=O)N1CC(C)CC(C(=O)O)C1. The lowest BCUT2D eigenvalue weighted by molar-refractivity contribution is -0.143. The van der Waals surface area contributed by atoms with Gasteiger partial charge in [0.15, 0.2) is 0 Å². The van der Waals surface area contributed by atoms with Gasteiger partial charge >= 0.3 is 5.97 Å². The molecular weight excluding hydrogens is 252 g/mol. The van der Waals surface area contributed by atoms with Crippen LogP contribution in [0.5, 0.6) is 0 Å². The van der Waals surface area contributed by atoms with Gasteiger partial charge in [-0.05, 0) is 30.8 Å². The maximum absolute atomic E-state index is 12.3. The Kier molecular flexibility index (Phi) is 3.65. The molecule has 1 aromatic rings. The molecule has 1 saturated heterocycles. The number of carbonyl (C=O) groups excluding carboxylic acids is 1. The molecule has 2 rings (SSSR count). The van der Waals surface area contributed by atoms with Gasteiger partial charge in [-0.1, -0.05) is 6.92 Å². The number of amides is 1. The molecule has 0 radical (unpaired) electrons. The molecule has 2 unspecified atom stereocenters. The summed E-state index contributed by atoms with van der Waals surface area (Å²) >= 11 is 1.25. The second-order valence-electron chi connectivity index (χ2n) is 4.90. The molecule has 1 aliphatic rings. The molecule has 2 heterocycles. The summed E-state index contributed by atoms with van der Waals surface area (Å²) in [5.41, 5.74) is 1.31. The first-order chi connectivity index (χ1) is 8.49. The Morgan fingerprint density at radius 3 is 2.78 bits per heavy atom. The molecule has 1 aliphatic heterocycles. The minimum Gasteiger partial charge on any atom is -0.481 e. The van der Waals surface area contributed by atoms with Crippen LogP contribution >= 0.6 is 11.5 Å². The molecule has 5 nitrogen and oxygen atoms in total. The minimum absolute atomic E-state index is 0.0981. The predicted octanol–water partition coefficient (Wildman–Crippen LogP) is 1.63. The number of piperidine rings is 1. The zero-order valence-electron chi connectivity index (χ0n) is 10.4. The number of aryl methyl sites for hydroxylation is 1. The Hall–Kier alpha value is -1.43. The highest BCUT2D eigenvalue weighted by molar-refractivity contribution is 7.03. The van der Waals surface area contributed by atoms with Crippen LogP contribution in [0.15, 0.2) is 5.38 Å². The van der Waals surface area contributed by atoms with E-state index in [9.17, 15) is 9.59 Å². The number of likely N-dealkylation sites (tertiary alicyclic amines) is 1. The van der Waals surface area contributed by atoms with E-state index in [-0.39, 0.29) is 11.8 Å². The normalized spacial score (nSPS) is 24.0. The number of carbonyl (C=O) groups is 2. The number of carboxylic acids is 1. The molecule has 1 aromatic heterocycles. The van der Waals surface area contributed by atoms with Gasteiger partial charge in [-0.2, -0.15) is 4.37 Å². The van der Waals surface area contributed by atoms with E-state index in [4.69, 9.17) is 5.11 Å². The van der Waals surface area contributed by atoms with Crippen molar-refractivity contribution in [1.82, 2.24) is 9.27 Å². The maximum Gasteiger partial charge on any atom is 0.308 e. The van der Waals surface area contributed by atoms with E-state index in [0.717, 1.165) is 5.69 Å². The largest absolute Gasteiger partial charge is 0.481 e.